The summed E-state index contributed by atoms with van der Waals surface area (Å²) in [6, 6.07) is 4.21. The number of aromatic amines is 1. The van der Waals surface area contributed by atoms with Gasteiger partial charge in [0.2, 0.25) is 11.1 Å². The lowest BCUT2D eigenvalue weighted by Gasteiger charge is -2.07. The van der Waals surface area contributed by atoms with E-state index in [0.717, 1.165) is 11.8 Å². The molecule has 1 unspecified atom stereocenters. The van der Waals surface area contributed by atoms with Gasteiger partial charge in [-0.05, 0) is 25.1 Å². The number of methoxy groups -OCH3 is 1. The van der Waals surface area contributed by atoms with Gasteiger partial charge in [0.25, 0.3) is 0 Å². The number of carbonyl (C=O) groups excluding carboxylic acids is 2. The van der Waals surface area contributed by atoms with Crippen molar-refractivity contribution in [3.05, 3.63) is 23.2 Å². The maximum atomic E-state index is 11.6. The molecule has 0 aliphatic heterocycles. The van der Waals surface area contributed by atoms with Gasteiger partial charge in [-0.2, -0.15) is 0 Å². The number of hydrogen-bond donors (Lipinski definition) is 3. The molecule has 0 aliphatic carbocycles. The molecule has 1 aromatic heterocycles. The minimum absolute atomic E-state index is 0.342. The van der Waals surface area contributed by atoms with Crippen LogP contribution < -0.4 is 15.8 Å². The Morgan fingerprint density at radius 3 is 2.87 bits per heavy atom. The number of nitrogens with zero attached hydrogens (tertiary/aromatic N) is 2. The first kappa shape index (κ1) is 17.1. The molecule has 1 aromatic carbocycles. The largest absolute Gasteiger partial charge is 0.496 e. The summed E-state index contributed by atoms with van der Waals surface area (Å²) in [6.45, 7) is 1.61. The summed E-state index contributed by atoms with van der Waals surface area (Å²) >= 11 is 7.07. The fourth-order valence-corrected chi connectivity index (χ4v) is 2.62. The molecule has 1 atom stereocenters. The number of aromatic nitrogens is 3. The van der Waals surface area contributed by atoms with Crippen molar-refractivity contribution in [2.24, 2.45) is 5.73 Å². The average molecular weight is 356 g/mol. The van der Waals surface area contributed by atoms with Crippen LogP contribution in [0.5, 0.6) is 5.75 Å². The number of nitrogens with two attached hydrogens (primary N) is 1. The number of nitrogens with one attached hydrogen (secondary N) is 2. The molecule has 0 saturated carbocycles. The van der Waals surface area contributed by atoms with E-state index in [1.165, 1.54) is 7.11 Å². The highest BCUT2D eigenvalue weighted by Gasteiger charge is 2.19. The summed E-state index contributed by atoms with van der Waals surface area (Å²) in [6.07, 6.45) is 0. The van der Waals surface area contributed by atoms with Crippen molar-refractivity contribution < 1.29 is 14.3 Å². The van der Waals surface area contributed by atoms with Crippen molar-refractivity contribution in [1.29, 1.82) is 0 Å². The number of urea groups is 1. The van der Waals surface area contributed by atoms with Crippen LogP contribution in [0.2, 0.25) is 5.02 Å². The van der Waals surface area contributed by atoms with E-state index >= 15 is 0 Å². The molecule has 0 radical (unpaired) electrons. The molecule has 0 fully saturated rings. The zero-order valence-corrected chi connectivity index (χ0v) is 13.9. The molecule has 8 nitrogen and oxygen atoms in total. The van der Waals surface area contributed by atoms with Gasteiger partial charge in [-0.3, -0.25) is 15.2 Å². The Hall–Kier alpha value is -2.26. The number of benzene rings is 1. The van der Waals surface area contributed by atoms with Crippen LogP contribution in [0.15, 0.2) is 23.4 Å². The number of primary amides is 1. The van der Waals surface area contributed by atoms with E-state index in [1.54, 1.807) is 25.1 Å². The van der Waals surface area contributed by atoms with Gasteiger partial charge in [0.15, 0.2) is 5.82 Å². The highest BCUT2D eigenvalue weighted by molar-refractivity contribution is 8.00. The third-order valence-corrected chi connectivity index (χ3v) is 3.98. The summed E-state index contributed by atoms with van der Waals surface area (Å²) in [4.78, 5) is 26.6. The zero-order valence-electron chi connectivity index (χ0n) is 12.3. The minimum atomic E-state index is -0.901. The van der Waals surface area contributed by atoms with Crippen molar-refractivity contribution in [2.75, 3.05) is 7.11 Å². The van der Waals surface area contributed by atoms with Crippen molar-refractivity contribution in [3.8, 4) is 17.1 Å². The topological polar surface area (TPSA) is 123 Å². The lowest BCUT2D eigenvalue weighted by atomic mass is 10.2. The molecule has 0 bridgehead atoms. The summed E-state index contributed by atoms with van der Waals surface area (Å²) in [5.41, 5.74) is 5.55. The first-order chi connectivity index (χ1) is 10.9. The fraction of sp³-hybridized carbons (Fsp3) is 0.231. The van der Waals surface area contributed by atoms with Crippen LogP contribution in [0.4, 0.5) is 4.79 Å². The predicted octanol–water partition coefficient (Wildman–Crippen LogP) is 1.81. The summed E-state index contributed by atoms with van der Waals surface area (Å²) in [5.74, 6) is 0.519. The van der Waals surface area contributed by atoms with Gasteiger partial charge in [-0.15, -0.1) is 5.10 Å². The lowest BCUT2D eigenvalue weighted by molar-refractivity contribution is -0.119. The Bertz CT molecular complexity index is 736. The van der Waals surface area contributed by atoms with Crippen molar-refractivity contribution in [2.45, 2.75) is 17.3 Å². The highest BCUT2D eigenvalue weighted by Crippen LogP contribution is 2.31. The number of imide groups is 1. The monoisotopic (exact) mass is 355 g/mol. The second-order valence-corrected chi connectivity index (χ2v) is 6.17. The Labute approximate surface area is 141 Å². The second kappa shape index (κ2) is 7.34. The third-order valence-electron chi connectivity index (χ3n) is 2.78. The molecule has 4 N–H and O–H groups in total. The van der Waals surface area contributed by atoms with E-state index in [4.69, 9.17) is 22.1 Å². The lowest BCUT2D eigenvalue weighted by Crippen LogP contribution is -2.39. The number of hydrogen-bond acceptors (Lipinski definition) is 6. The smallest absolute Gasteiger partial charge is 0.318 e. The number of halogens is 1. The Kier molecular flexibility index (Phi) is 5.45. The van der Waals surface area contributed by atoms with Crippen molar-refractivity contribution >= 4 is 35.3 Å². The third kappa shape index (κ3) is 4.36. The standard InChI is InChI=1S/C13H14ClN5O3S/c1-6(11(20)17-12(15)21)23-13-16-10(18-19-13)8-5-7(14)3-4-9(8)22-2/h3-6H,1-2H3,(H,16,18,19)(H3,15,17,20,21). The van der Waals surface area contributed by atoms with Gasteiger partial charge in [-0.1, -0.05) is 23.4 Å². The van der Waals surface area contributed by atoms with Crippen molar-refractivity contribution in [3.63, 3.8) is 0 Å². The summed E-state index contributed by atoms with van der Waals surface area (Å²) < 4.78 is 5.26. The number of H-pyrrole nitrogens is 1. The Morgan fingerprint density at radius 2 is 2.22 bits per heavy atom. The number of thioether (sulfide) groups is 1. The summed E-state index contributed by atoms with van der Waals surface area (Å²) in [5, 5.41) is 9.08. The van der Waals surface area contributed by atoms with Crippen LogP contribution in [-0.4, -0.2) is 39.5 Å². The maximum Gasteiger partial charge on any atom is 0.318 e. The van der Waals surface area contributed by atoms with Crippen LogP contribution in [0, 0.1) is 0 Å². The molecule has 1 heterocycles. The molecule has 10 heteroatoms. The molecular formula is C13H14ClN5O3S. The Morgan fingerprint density at radius 1 is 1.48 bits per heavy atom. The second-order valence-electron chi connectivity index (χ2n) is 4.42. The van der Waals surface area contributed by atoms with E-state index in [1.807, 2.05) is 5.32 Å². The van der Waals surface area contributed by atoms with Gasteiger partial charge in [0.05, 0.1) is 17.9 Å². The average Bonchev–Trinajstić information content (AvgIpc) is 2.94. The van der Waals surface area contributed by atoms with Crippen LogP contribution in [-0.2, 0) is 4.79 Å². The molecule has 3 amide bonds. The van der Waals surface area contributed by atoms with Crippen LogP contribution in [0.25, 0.3) is 11.4 Å². The van der Waals surface area contributed by atoms with Crippen molar-refractivity contribution in [1.82, 2.24) is 20.5 Å². The SMILES string of the molecule is COc1ccc(Cl)cc1-c1nc(SC(C)C(=O)NC(N)=O)n[nH]1. The van der Waals surface area contributed by atoms with E-state index in [-0.39, 0.29) is 0 Å². The number of amides is 3. The fourth-order valence-electron chi connectivity index (χ4n) is 1.72. The molecule has 0 aliphatic rings. The van der Waals surface area contributed by atoms with E-state index in [0.29, 0.717) is 27.3 Å². The molecule has 2 rings (SSSR count). The van der Waals surface area contributed by atoms with Crippen LogP contribution >= 0.6 is 23.4 Å². The molecular weight excluding hydrogens is 342 g/mol. The maximum absolute atomic E-state index is 11.6. The number of carbonyl (C=O) groups is 2. The molecule has 2 aromatic rings. The molecule has 0 spiro atoms. The highest BCUT2D eigenvalue weighted by atomic mass is 35.5. The predicted molar refractivity (Wildman–Crippen MR) is 86.4 cm³/mol. The minimum Gasteiger partial charge on any atom is -0.496 e. The van der Waals surface area contributed by atoms with E-state index in [2.05, 4.69) is 15.2 Å². The van der Waals surface area contributed by atoms with Crippen LogP contribution in [0.3, 0.4) is 0 Å². The molecule has 23 heavy (non-hydrogen) atoms. The normalized spacial score (nSPS) is 11.8. The zero-order chi connectivity index (χ0) is 17.0. The molecule has 122 valence electrons. The van der Waals surface area contributed by atoms with E-state index < -0.39 is 17.2 Å². The summed E-state index contributed by atoms with van der Waals surface area (Å²) in [7, 11) is 1.54. The van der Waals surface area contributed by atoms with Gasteiger partial charge < -0.3 is 10.5 Å². The Balaban J connectivity index is 2.16. The number of rotatable bonds is 5. The van der Waals surface area contributed by atoms with Gasteiger partial charge in [0, 0.05) is 5.02 Å². The first-order valence-electron chi connectivity index (χ1n) is 6.44. The quantitative estimate of drug-likeness (QED) is 0.703. The molecule has 0 saturated heterocycles. The number of ether oxygens (including phenoxy) is 1. The van der Waals surface area contributed by atoms with Gasteiger partial charge >= 0.3 is 6.03 Å². The van der Waals surface area contributed by atoms with Gasteiger partial charge in [-0.25, -0.2) is 9.78 Å². The van der Waals surface area contributed by atoms with Gasteiger partial charge in [0.1, 0.15) is 5.75 Å². The van der Waals surface area contributed by atoms with E-state index in [9.17, 15) is 9.59 Å². The van der Waals surface area contributed by atoms with Crippen LogP contribution in [0.1, 0.15) is 6.92 Å². The first-order valence-corrected chi connectivity index (χ1v) is 7.69.